The van der Waals surface area contributed by atoms with E-state index in [-0.39, 0.29) is 5.91 Å². The summed E-state index contributed by atoms with van der Waals surface area (Å²) in [5.74, 6) is 0.838. The first-order valence-corrected chi connectivity index (χ1v) is 7.16. The van der Waals surface area contributed by atoms with Crippen LogP contribution in [0.3, 0.4) is 0 Å². The van der Waals surface area contributed by atoms with Gasteiger partial charge in [-0.3, -0.25) is 4.79 Å². The van der Waals surface area contributed by atoms with Crippen LogP contribution in [-0.4, -0.2) is 22.4 Å². The molecular formula is C15H15BrN4O. The third-order valence-electron chi connectivity index (χ3n) is 2.61. The first-order valence-electron chi connectivity index (χ1n) is 6.36. The second-order valence-corrected chi connectivity index (χ2v) is 5.14. The Labute approximate surface area is 131 Å². The van der Waals surface area contributed by atoms with E-state index >= 15 is 0 Å². The van der Waals surface area contributed by atoms with Crippen LogP contribution in [0.5, 0.6) is 0 Å². The Kier molecular flexibility index (Phi) is 5.05. The van der Waals surface area contributed by atoms with Gasteiger partial charge in [-0.05, 0) is 35.0 Å². The van der Waals surface area contributed by atoms with E-state index in [2.05, 4.69) is 43.1 Å². The van der Waals surface area contributed by atoms with Crippen LogP contribution in [0.25, 0.3) is 0 Å². The van der Waals surface area contributed by atoms with Gasteiger partial charge in [0.05, 0.1) is 5.69 Å². The number of nitrogens with zero attached hydrogens (tertiary/aromatic N) is 2. The molecule has 1 heterocycles. The molecule has 1 amide bonds. The predicted octanol–water partition coefficient (Wildman–Crippen LogP) is 3.21. The molecular weight excluding hydrogens is 332 g/mol. The van der Waals surface area contributed by atoms with Gasteiger partial charge in [-0.15, -0.1) is 6.58 Å². The van der Waals surface area contributed by atoms with Crippen molar-refractivity contribution in [2.75, 3.05) is 11.9 Å². The molecule has 1 aromatic carbocycles. The number of aryl methyl sites for hydroxylation is 1. The molecule has 21 heavy (non-hydrogen) atoms. The zero-order chi connectivity index (χ0) is 15.2. The average molecular weight is 347 g/mol. The van der Waals surface area contributed by atoms with Crippen molar-refractivity contribution in [3.63, 3.8) is 0 Å². The van der Waals surface area contributed by atoms with E-state index in [0.29, 0.717) is 23.9 Å². The standard InChI is InChI=1S/C15H15BrN4O/c1-3-8-17-15(21)13-9-14(19-10(2)18-13)20-12-7-5-4-6-11(12)16/h3-7,9H,1,8H2,2H3,(H,17,21)(H,18,19,20). The fourth-order valence-corrected chi connectivity index (χ4v) is 2.09. The lowest BCUT2D eigenvalue weighted by Crippen LogP contribution is -2.24. The number of halogens is 1. The van der Waals surface area contributed by atoms with Crippen LogP contribution in [0.1, 0.15) is 16.3 Å². The third kappa shape index (κ3) is 4.13. The molecule has 1 aromatic heterocycles. The fraction of sp³-hybridized carbons (Fsp3) is 0.133. The van der Waals surface area contributed by atoms with Crippen molar-refractivity contribution < 1.29 is 4.79 Å². The second kappa shape index (κ2) is 6.99. The van der Waals surface area contributed by atoms with E-state index in [4.69, 9.17) is 0 Å². The summed E-state index contributed by atoms with van der Waals surface area (Å²) in [5.41, 5.74) is 1.19. The highest BCUT2D eigenvalue weighted by molar-refractivity contribution is 9.10. The highest BCUT2D eigenvalue weighted by atomic mass is 79.9. The summed E-state index contributed by atoms with van der Waals surface area (Å²) in [6.45, 7) is 5.71. The highest BCUT2D eigenvalue weighted by Crippen LogP contribution is 2.24. The molecule has 2 rings (SSSR count). The lowest BCUT2D eigenvalue weighted by molar-refractivity contribution is 0.0952. The Morgan fingerprint density at radius 3 is 2.86 bits per heavy atom. The van der Waals surface area contributed by atoms with Gasteiger partial charge in [0, 0.05) is 17.1 Å². The number of para-hydroxylation sites is 1. The van der Waals surface area contributed by atoms with Crippen molar-refractivity contribution in [1.29, 1.82) is 0 Å². The number of hydrogen-bond donors (Lipinski definition) is 2. The molecule has 0 fully saturated rings. The van der Waals surface area contributed by atoms with Gasteiger partial charge in [0.25, 0.3) is 5.91 Å². The summed E-state index contributed by atoms with van der Waals surface area (Å²) in [7, 11) is 0. The number of benzene rings is 1. The molecule has 0 unspecified atom stereocenters. The van der Waals surface area contributed by atoms with Crippen LogP contribution in [0.15, 0.2) is 47.5 Å². The third-order valence-corrected chi connectivity index (χ3v) is 3.31. The molecule has 0 aliphatic heterocycles. The molecule has 0 spiro atoms. The van der Waals surface area contributed by atoms with E-state index in [0.717, 1.165) is 10.2 Å². The fourth-order valence-electron chi connectivity index (χ4n) is 1.70. The quantitative estimate of drug-likeness (QED) is 0.815. The van der Waals surface area contributed by atoms with Crippen molar-refractivity contribution in [2.24, 2.45) is 0 Å². The van der Waals surface area contributed by atoms with E-state index in [9.17, 15) is 4.79 Å². The van der Waals surface area contributed by atoms with Crippen molar-refractivity contribution >= 4 is 33.3 Å². The van der Waals surface area contributed by atoms with Crippen LogP contribution in [0.4, 0.5) is 11.5 Å². The number of anilines is 2. The lowest BCUT2D eigenvalue weighted by Gasteiger charge is -2.10. The molecule has 108 valence electrons. The number of carbonyl (C=O) groups is 1. The van der Waals surface area contributed by atoms with Gasteiger partial charge >= 0.3 is 0 Å². The number of aromatic nitrogens is 2. The van der Waals surface area contributed by atoms with Crippen molar-refractivity contribution in [2.45, 2.75) is 6.92 Å². The van der Waals surface area contributed by atoms with Gasteiger partial charge in [0.15, 0.2) is 0 Å². The summed E-state index contributed by atoms with van der Waals surface area (Å²) in [5, 5.41) is 5.86. The normalized spacial score (nSPS) is 10.0. The SMILES string of the molecule is C=CCNC(=O)c1cc(Nc2ccccc2Br)nc(C)n1. The molecule has 0 bridgehead atoms. The van der Waals surface area contributed by atoms with Gasteiger partial charge in [-0.2, -0.15) is 0 Å². The minimum atomic E-state index is -0.254. The zero-order valence-electron chi connectivity index (χ0n) is 11.6. The maximum Gasteiger partial charge on any atom is 0.270 e. The minimum Gasteiger partial charge on any atom is -0.347 e. The Morgan fingerprint density at radius 2 is 2.14 bits per heavy atom. The van der Waals surface area contributed by atoms with E-state index in [1.807, 2.05) is 24.3 Å². The summed E-state index contributed by atoms with van der Waals surface area (Å²) in [6.07, 6.45) is 1.62. The lowest BCUT2D eigenvalue weighted by atomic mass is 10.3. The first kappa shape index (κ1) is 15.2. The summed E-state index contributed by atoms with van der Waals surface area (Å²) in [6, 6.07) is 9.30. The molecule has 5 nitrogen and oxygen atoms in total. The predicted molar refractivity (Wildman–Crippen MR) is 86.7 cm³/mol. The number of nitrogens with one attached hydrogen (secondary N) is 2. The summed E-state index contributed by atoms with van der Waals surface area (Å²) < 4.78 is 0.916. The Morgan fingerprint density at radius 1 is 1.38 bits per heavy atom. The van der Waals surface area contributed by atoms with Gasteiger partial charge in [-0.25, -0.2) is 9.97 Å². The minimum absolute atomic E-state index is 0.254. The average Bonchev–Trinajstić information content (AvgIpc) is 2.46. The van der Waals surface area contributed by atoms with E-state index in [1.165, 1.54) is 0 Å². The smallest absolute Gasteiger partial charge is 0.270 e. The molecule has 0 atom stereocenters. The van der Waals surface area contributed by atoms with Gasteiger partial charge in [0.1, 0.15) is 17.3 Å². The maximum atomic E-state index is 11.9. The second-order valence-electron chi connectivity index (χ2n) is 4.29. The number of amides is 1. The molecule has 2 N–H and O–H groups in total. The first-order chi connectivity index (χ1) is 10.1. The molecule has 0 aliphatic carbocycles. The number of rotatable bonds is 5. The zero-order valence-corrected chi connectivity index (χ0v) is 13.1. The van der Waals surface area contributed by atoms with Crippen LogP contribution in [0, 0.1) is 6.92 Å². The molecule has 0 radical (unpaired) electrons. The van der Waals surface area contributed by atoms with Crippen LogP contribution >= 0.6 is 15.9 Å². The van der Waals surface area contributed by atoms with Crippen LogP contribution in [0.2, 0.25) is 0 Å². The molecule has 0 saturated carbocycles. The van der Waals surface area contributed by atoms with Gasteiger partial charge in [-0.1, -0.05) is 18.2 Å². The van der Waals surface area contributed by atoms with Crippen LogP contribution in [-0.2, 0) is 0 Å². The van der Waals surface area contributed by atoms with E-state index in [1.54, 1.807) is 19.1 Å². The van der Waals surface area contributed by atoms with Crippen molar-refractivity contribution in [3.05, 3.63) is 59.0 Å². The summed E-state index contributed by atoms with van der Waals surface area (Å²) >= 11 is 3.46. The highest BCUT2D eigenvalue weighted by Gasteiger charge is 2.10. The van der Waals surface area contributed by atoms with E-state index < -0.39 is 0 Å². The van der Waals surface area contributed by atoms with Crippen molar-refractivity contribution in [3.8, 4) is 0 Å². The van der Waals surface area contributed by atoms with Crippen molar-refractivity contribution in [1.82, 2.24) is 15.3 Å². The van der Waals surface area contributed by atoms with Crippen LogP contribution < -0.4 is 10.6 Å². The van der Waals surface area contributed by atoms with Gasteiger partial charge in [0.2, 0.25) is 0 Å². The molecule has 0 aliphatic rings. The monoisotopic (exact) mass is 346 g/mol. The molecule has 0 saturated heterocycles. The Balaban J connectivity index is 2.25. The topological polar surface area (TPSA) is 66.9 Å². The number of carbonyl (C=O) groups excluding carboxylic acids is 1. The molecule has 6 heteroatoms. The Bertz CT molecular complexity index is 672. The Hall–Kier alpha value is -2.21. The van der Waals surface area contributed by atoms with Gasteiger partial charge < -0.3 is 10.6 Å². The number of hydrogen-bond acceptors (Lipinski definition) is 4. The molecule has 2 aromatic rings. The summed E-state index contributed by atoms with van der Waals surface area (Å²) in [4.78, 5) is 20.4. The maximum absolute atomic E-state index is 11.9. The largest absolute Gasteiger partial charge is 0.347 e.